The summed E-state index contributed by atoms with van der Waals surface area (Å²) >= 11 is 6.23. The Morgan fingerprint density at radius 3 is 2.53 bits per heavy atom. The van der Waals surface area contributed by atoms with Crippen molar-refractivity contribution in [3.8, 4) is 17.0 Å². The number of hydrogen-bond acceptors (Lipinski definition) is 6. The number of nitrogens with one attached hydrogen (secondary N) is 2. The molecule has 34 heavy (non-hydrogen) atoms. The van der Waals surface area contributed by atoms with E-state index in [1.165, 1.54) is 23.1 Å². The number of hydrogen-bond donors (Lipinski definition) is 2. The summed E-state index contributed by atoms with van der Waals surface area (Å²) in [6.45, 7) is 0. The molecule has 4 rings (SSSR count). The number of benzene rings is 3. The van der Waals surface area contributed by atoms with E-state index in [-0.39, 0.29) is 17.6 Å². The number of rotatable bonds is 8. The zero-order chi connectivity index (χ0) is 23.9. The molecule has 0 fully saturated rings. The summed E-state index contributed by atoms with van der Waals surface area (Å²) in [6.07, 6.45) is 0. The van der Waals surface area contributed by atoms with Gasteiger partial charge in [-0.3, -0.25) is 9.59 Å². The highest BCUT2D eigenvalue weighted by Gasteiger charge is 2.10. The molecule has 0 spiro atoms. The van der Waals surface area contributed by atoms with Crippen molar-refractivity contribution >= 4 is 61.7 Å². The molecule has 172 valence electrons. The standard InChI is InChI=1S/C25H20BrN3O3S2/c1-32-20-4-2-3-17(13-20)24(31)27-19-9-11-21(12-10-19)33-15-23(30)29-25-28-22(14-34-25)16-5-7-18(26)8-6-16/h2-14H,15H2,1H3,(H,27,31)(H,28,29,30). The molecule has 4 aromatic rings. The number of halogens is 1. The van der Waals surface area contributed by atoms with Crippen molar-refractivity contribution in [2.24, 2.45) is 0 Å². The summed E-state index contributed by atoms with van der Waals surface area (Å²) in [5.74, 6) is 0.532. The van der Waals surface area contributed by atoms with Crippen LogP contribution in [-0.2, 0) is 4.79 Å². The molecule has 1 heterocycles. The van der Waals surface area contributed by atoms with Gasteiger partial charge < -0.3 is 15.4 Å². The van der Waals surface area contributed by atoms with E-state index < -0.39 is 0 Å². The molecule has 0 saturated heterocycles. The van der Waals surface area contributed by atoms with E-state index >= 15 is 0 Å². The number of anilines is 2. The molecular formula is C25H20BrN3O3S2. The van der Waals surface area contributed by atoms with Crippen LogP contribution in [-0.4, -0.2) is 29.7 Å². The Kier molecular flexibility index (Phi) is 7.99. The molecule has 0 aliphatic carbocycles. The molecule has 0 saturated carbocycles. The quantitative estimate of drug-likeness (QED) is 0.241. The topological polar surface area (TPSA) is 80.3 Å². The summed E-state index contributed by atoms with van der Waals surface area (Å²) in [7, 11) is 1.56. The monoisotopic (exact) mass is 553 g/mol. The summed E-state index contributed by atoms with van der Waals surface area (Å²) in [5.41, 5.74) is 3.00. The lowest BCUT2D eigenvalue weighted by molar-refractivity contribution is -0.113. The molecule has 9 heteroatoms. The van der Waals surface area contributed by atoms with Crippen LogP contribution in [0.5, 0.6) is 5.75 Å². The van der Waals surface area contributed by atoms with Crippen LogP contribution in [0.15, 0.2) is 87.5 Å². The van der Waals surface area contributed by atoms with Gasteiger partial charge in [0.05, 0.1) is 18.6 Å². The van der Waals surface area contributed by atoms with E-state index in [1.54, 1.807) is 31.4 Å². The first kappa shape index (κ1) is 24.0. The molecule has 0 radical (unpaired) electrons. The van der Waals surface area contributed by atoms with Crippen molar-refractivity contribution in [3.63, 3.8) is 0 Å². The minimum Gasteiger partial charge on any atom is -0.497 e. The molecule has 1 aromatic heterocycles. The molecule has 3 aromatic carbocycles. The predicted molar refractivity (Wildman–Crippen MR) is 142 cm³/mol. The van der Waals surface area contributed by atoms with Gasteiger partial charge in [-0.25, -0.2) is 4.98 Å². The first-order valence-electron chi connectivity index (χ1n) is 10.2. The number of thiazole rings is 1. The zero-order valence-electron chi connectivity index (χ0n) is 18.1. The maximum absolute atomic E-state index is 12.4. The summed E-state index contributed by atoms with van der Waals surface area (Å²) in [6, 6.07) is 22.2. The third-order valence-electron chi connectivity index (χ3n) is 4.70. The lowest BCUT2D eigenvalue weighted by atomic mass is 10.2. The first-order valence-corrected chi connectivity index (χ1v) is 12.9. The number of amides is 2. The SMILES string of the molecule is COc1cccc(C(=O)Nc2ccc(SCC(=O)Nc3nc(-c4ccc(Br)cc4)cs3)cc2)c1. The molecule has 0 aliphatic rings. The van der Waals surface area contributed by atoms with Gasteiger partial charge >= 0.3 is 0 Å². The van der Waals surface area contributed by atoms with Crippen molar-refractivity contribution in [3.05, 3.63) is 88.2 Å². The molecule has 0 atom stereocenters. The van der Waals surface area contributed by atoms with E-state index in [2.05, 4.69) is 31.5 Å². The van der Waals surface area contributed by atoms with Gasteiger partial charge in [-0.15, -0.1) is 23.1 Å². The van der Waals surface area contributed by atoms with Crippen molar-refractivity contribution in [2.75, 3.05) is 23.5 Å². The van der Waals surface area contributed by atoms with Crippen LogP contribution in [0.25, 0.3) is 11.3 Å². The van der Waals surface area contributed by atoms with Gasteiger partial charge in [-0.05, 0) is 54.6 Å². The molecular weight excluding hydrogens is 534 g/mol. The molecule has 6 nitrogen and oxygen atoms in total. The smallest absolute Gasteiger partial charge is 0.255 e. The molecule has 0 aliphatic heterocycles. The van der Waals surface area contributed by atoms with Crippen LogP contribution in [0.1, 0.15) is 10.4 Å². The van der Waals surface area contributed by atoms with E-state index in [4.69, 9.17) is 4.74 Å². The van der Waals surface area contributed by atoms with Crippen LogP contribution in [0.2, 0.25) is 0 Å². The Bertz CT molecular complexity index is 1290. The van der Waals surface area contributed by atoms with Gasteiger partial charge in [0, 0.05) is 31.6 Å². The lowest BCUT2D eigenvalue weighted by Crippen LogP contribution is -2.13. The second-order valence-electron chi connectivity index (χ2n) is 7.09. The number of thioether (sulfide) groups is 1. The van der Waals surface area contributed by atoms with Crippen molar-refractivity contribution < 1.29 is 14.3 Å². The predicted octanol–water partition coefficient (Wildman–Crippen LogP) is 6.56. The van der Waals surface area contributed by atoms with Gasteiger partial charge in [-0.2, -0.15) is 0 Å². The van der Waals surface area contributed by atoms with Crippen LogP contribution in [0, 0.1) is 0 Å². The molecule has 2 N–H and O–H groups in total. The third kappa shape index (κ3) is 6.47. The maximum atomic E-state index is 12.4. The summed E-state index contributed by atoms with van der Waals surface area (Å²) < 4.78 is 6.16. The normalized spacial score (nSPS) is 10.5. The Balaban J connectivity index is 1.27. The number of ether oxygens (including phenoxy) is 1. The van der Waals surface area contributed by atoms with Crippen LogP contribution in [0.4, 0.5) is 10.8 Å². The van der Waals surface area contributed by atoms with Crippen LogP contribution >= 0.6 is 39.0 Å². The van der Waals surface area contributed by atoms with E-state index in [9.17, 15) is 9.59 Å². The Morgan fingerprint density at radius 2 is 1.79 bits per heavy atom. The van der Waals surface area contributed by atoms with Gasteiger partial charge in [-0.1, -0.05) is 34.1 Å². The van der Waals surface area contributed by atoms with Crippen molar-refractivity contribution in [2.45, 2.75) is 4.90 Å². The fourth-order valence-electron chi connectivity index (χ4n) is 2.99. The van der Waals surface area contributed by atoms with Gasteiger partial charge in [0.2, 0.25) is 5.91 Å². The highest BCUT2D eigenvalue weighted by atomic mass is 79.9. The minimum atomic E-state index is -0.218. The largest absolute Gasteiger partial charge is 0.497 e. The lowest BCUT2D eigenvalue weighted by Gasteiger charge is -2.08. The summed E-state index contributed by atoms with van der Waals surface area (Å²) in [4.78, 5) is 30.2. The Labute approximate surface area is 213 Å². The Morgan fingerprint density at radius 1 is 1.03 bits per heavy atom. The number of aromatic nitrogens is 1. The molecule has 0 unspecified atom stereocenters. The second-order valence-corrected chi connectivity index (χ2v) is 9.91. The zero-order valence-corrected chi connectivity index (χ0v) is 21.3. The minimum absolute atomic E-state index is 0.128. The summed E-state index contributed by atoms with van der Waals surface area (Å²) in [5, 5.41) is 8.20. The number of nitrogens with zero attached hydrogens (tertiary/aromatic N) is 1. The third-order valence-corrected chi connectivity index (χ3v) is 7.00. The fraction of sp³-hybridized carbons (Fsp3) is 0.0800. The van der Waals surface area contributed by atoms with Crippen molar-refractivity contribution in [1.82, 2.24) is 4.98 Å². The number of methoxy groups -OCH3 is 1. The average molecular weight is 554 g/mol. The van der Waals surface area contributed by atoms with E-state index in [0.29, 0.717) is 22.1 Å². The number of carbonyl (C=O) groups is 2. The average Bonchev–Trinajstić information content (AvgIpc) is 3.32. The number of carbonyl (C=O) groups excluding carboxylic acids is 2. The first-order chi connectivity index (χ1) is 16.5. The highest BCUT2D eigenvalue weighted by molar-refractivity contribution is 9.10. The van der Waals surface area contributed by atoms with Crippen LogP contribution in [0.3, 0.4) is 0 Å². The second kappa shape index (κ2) is 11.3. The van der Waals surface area contributed by atoms with E-state index in [1.807, 2.05) is 53.9 Å². The molecule has 2 amide bonds. The van der Waals surface area contributed by atoms with E-state index in [0.717, 1.165) is 20.6 Å². The van der Waals surface area contributed by atoms with Crippen molar-refractivity contribution in [1.29, 1.82) is 0 Å². The van der Waals surface area contributed by atoms with Gasteiger partial charge in [0.1, 0.15) is 5.75 Å². The maximum Gasteiger partial charge on any atom is 0.255 e. The van der Waals surface area contributed by atoms with Gasteiger partial charge in [0.25, 0.3) is 5.91 Å². The van der Waals surface area contributed by atoms with Gasteiger partial charge in [0.15, 0.2) is 5.13 Å². The highest BCUT2D eigenvalue weighted by Crippen LogP contribution is 2.27. The Hall–Kier alpha value is -3.14. The van der Waals surface area contributed by atoms with Crippen LogP contribution < -0.4 is 15.4 Å². The molecule has 0 bridgehead atoms. The fourth-order valence-corrected chi connectivity index (χ4v) is 4.69.